The van der Waals surface area contributed by atoms with Crippen LogP contribution >= 0.6 is 22.6 Å². The van der Waals surface area contributed by atoms with Gasteiger partial charge in [-0.15, -0.1) is 0 Å². The van der Waals surface area contributed by atoms with Gasteiger partial charge >= 0.3 is 6.03 Å². The van der Waals surface area contributed by atoms with E-state index in [2.05, 4.69) is 47.1 Å². The van der Waals surface area contributed by atoms with Gasteiger partial charge in [-0.05, 0) is 72.5 Å². The summed E-state index contributed by atoms with van der Waals surface area (Å²) in [5.41, 5.74) is 0.786. The number of hydrogen-bond acceptors (Lipinski definition) is 2. The van der Waals surface area contributed by atoms with Crippen LogP contribution in [0.5, 0.6) is 0 Å². The van der Waals surface area contributed by atoms with E-state index in [1.165, 1.54) is 0 Å². The fourth-order valence-electron chi connectivity index (χ4n) is 3.03. The molecule has 1 saturated heterocycles. The molecule has 0 aromatic heterocycles. The van der Waals surface area contributed by atoms with Crippen LogP contribution in [0.15, 0.2) is 24.3 Å². The van der Waals surface area contributed by atoms with Gasteiger partial charge in [-0.25, -0.2) is 4.79 Å². The van der Waals surface area contributed by atoms with Crippen LogP contribution in [-0.2, 0) is 4.79 Å². The molecular weight excluding hydrogens is 417 g/mol. The fourth-order valence-corrected chi connectivity index (χ4v) is 3.39. The van der Waals surface area contributed by atoms with Gasteiger partial charge in [-0.2, -0.15) is 0 Å². The van der Waals surface area contributed by atoms with E-state index >= 15 is 0 Å². The van der Waals surface area contributed by atoms with Gasteiger partial charge < -0.3 is 15.5 Å². The number of likely N-dealkylation sites (tertiary alicyclic amines) is 1. The Morgan fingerprint density at radius 1 is 1.17 bits per heavy atom. The highest BCUT2D eigenvalue weighted by Crippen LogP contribution is 2.17. The maximum atomic E-state index is 12.4. The summed E-state index contributed by atoms with van der Waals surface area (Å²) in [4.78, 5) is 26.4. The second kappa shape index (κ2) is 9.25. The molecule has 1 aromatic carbocycles. The molecule has 6 heteroatoms. The molecule has 2 N–H and O–H groups in total. The summed E-state index contributed by atoms with van der Waals surface area (Å²) in [5.74, 6) is 0.403. The Morgan fingerprint density at radius 3 is 2.29 bits per heavy atom. The first kappa shape index (κ1) is 19.0. The maximum Gasteiger partial charge on any atom is 0.319 e. The van der Waals surface area contributed by atoms with E-state index in [-0.39, 0.29) is 23.9 Å². The number of carbonyl (C=O) groups excluding carboxylic acids is 2. The predicted octanol–water partition coefficient (Wildman–Crippen LogP) is 3.84. The molecule has 1 aliphatic rings. The average Bonchev–Trinajstić information content (AvgIpc) is 2.58. The second-order valence-electron chi connectivity index (χ2n) is 6.22. The lowest BCUT2D eigenvalue weighted by Crippen LogP contribution is -2.48. The van der Waals surface area contributed by atoms with E-state index in [1.807, 2.05) is 29.2 Å². The summed E-state index contributed by atoms with van der Waals surface area (Å²) in [5, 5.41) is 5.86. The molecule has 3 amide bonds. The van der Waals surface area contributed by atoms with Crippen LogP contribution in [0, 0.1) is 9.49 Å². The number of urea groups is 1. The van der Waals surface area contributed by atoms with E-state index in [0.717, 1.165) is 48.0 Å². The smallest absolute Gasteiger partial charge is 0.319 e. The first-order chi connectivity index (χ1) is 11.5. The zero-order chi connectivity index (χ0) is 17.5. The van der Waals surface area contributed by atoms with Gasteiger partial charge in [-0.3, -0.25) is 4.79 Å². The number of amides is 3. The van der Waals surface area contributed by atoms with Gasteiger partial charge in [0.1, 0.15) is 0 Å². The molecule has 2 rings (SSSR count). The summed E-state index contributed by atoms with van der Waals surface area (Å²) in [7, 11) is 0. The third-order valence-corrected chi connectivity index (χ3v) is 5.30. The van der Waals surface area contributed by atoms with E-state index in [4.69, 9.17) is 0 Å². The van der Waals surface area contributed by atoms with Crippen molar-refractivity contribution in [2.45, 2.75) is 45.6 Å². The van der Waals surface area contributed by atoms with Crippen LogP contribution in [0.1, 0.15) is 39.5 Å². The number of nitrogens with one attached hydrogen (secondary N) is 2. The number of piperidine rings is 1. The number of nitrogens with zero attached hydrogens (tertiary/aromatic N) is 1. The van der Waals surface area contributed by atoms with Crippen molar-refractivity contribution in [3.05, 3.63) is 27.8 Å². The molecule has 1 fully saturated rings. The van der Waals surface area contributed by atoms with Crippen molar-refractivity contribution in [1.82, 2.24) is 10.2 Å². The van der Waals surface area contributed by atoms with Gasteiger partial charge in [0.2, 0.25) is 5.91 Å². The monoisotopic (exact) mass is 443 g/mol. The molecule has 0 saturated carbocycles. The Labute approximate surface area is 157 Å². The largest absolute Gasteiger partial charge is 0.342 e. The summed E-state index contributed by atoms with van der Waals surface area (Å²) in [6, 6.07) is 7.63. The topological polar surface area (TPSA) is 61.4 Å². The Bertz CT molecular complexity index is 550. The molecule has 0 spiro atoms. The number of halogens is 1. The maximum absolute atomic E-state index is 12.4. The molecule has 0 unspecified atom stereocenters. The lowest BCUT2D eigenvalue weighted by atomic mass is 9.98. The van der Waals surface area contributed by atoms with E-state index in [1.54, 1.807) is 0 Å². The molecule has 132 valence electrons. The van der Waals surface area contributed by atoms with Crippen molar-refractivity contribution < 1.29 is 9.59 Å². The molecule has 5 nitrogen and oxygen atoms in total. The molecule has 0 atom stereocenters. The van der Waals surface area contributed by atoms with E-state index in [0.29, 0.717) is 0 Å². The van der Waals surface area contributed by atoms with Crippen molar-refractivity contribution >= 4 is 40.2 Å². The van der Waals surface area contributed by atoms with E-state index < -0.39 is 0 Å². The minimum Gasteiger partial charge on any atom is -0.342 e. The van der Waals surface area contributed by atoms with Crippen LogP contribution in [-0.4, -0.2) is 36.0 Å². The van der Waals surface area contributed by atoms with Crippen molar-refractivity contribution in [2.24, 2.45) is 5.92 Å². The Kier molecular flexibility index (Phi) is 7.33. The second-order valence-corrected chi connectivity index (χ2v) is 7.46. The van der Waals surface area contributed by atoms with Crippen molar-refractivity contribution in [2.75, 3.05) is 18.4 Å². The minimum absolute atomic E-state index is 0.125. The number of carbonyl (C=O) groups is 2. The standard InChI is InChI=1S/C18H26IN3O2/c1-3-13(4-2)17(23)22-11-9-16(10-12-22)21-18(24)20-15-7-5-14(19)6-8-15/h5-8,13,16H,3-4,9-12H2,1-2H3,(H2,20,21,24). The lowest BCUT2D eigenvalue weighted by molar-refractivity contribution is -0.136. The normalized spacial score (nSPS) is 15.4. The summed E-state index contributed by atoms with van der Waals surface area (Å²) in [6.07, 6.45) is 3.41. The Morgan fingerprint density at radius 2 is 1.75 bits per heavy atom. The van der Waals surface area contributed by atoms with Crippen molar-refractivity contribution in [1.29, 1.82) is 0 Å². The fraction of sp³-hybridized carbons (Fsp3) is 0.556. The molecule has 0 bridgehead atoms. The highest BCUT2D eigenvalue weighted by Gasteiger charge is 2.27. The number of rotatable bonds is 5. The van der Waals surface area contributed by atoms with E-state index in [9.17, 15) is 9.59 Å². The number of anilines is 1. The summed E-state index contributed by atoms with van der Waals surface area (Å²) < 4.78 is 1.13. The highest BCUT2D eigenvalue weighted by atomic mass is 127. The molecule has 0 aliphatic carbocycles. The van der Waals surface area contributed by atoms with Crippen molar-refractivity contribution in [3.8, 4) is 0 Å². The third-order valence-electron chi connectivity index (χ3n) is 4.58. The van der Waals surface area contributed by atoms with Gasteiger partial charge in [0, 0.05) is 34.3 Å². The van der Waals surface area contributed by atoms with Crippen LogP contribution in [0.2, 0.25) is 0 Å². The Hall–Kier alpha value is -1.31. The molecule has 1 aromatic rings. The SMILES string of the molecule is CCC(CC)C(=O)N1CCC(NC(=O)Nc2ccc(I)cc2)CC1. The third kappa shape index (κ3) is 5.36. The highest BCUT2D eigenvalue weighted by molar-refractivity contribution is 14.1. The quantitative estimate of drug-likeness (QED) is 0.680. The molecule has 24 heavy (non-hydrogen) atoms. The number of hydrogen-bond donors (Lipinski definition) is 2. The number of benzene rings is 1. The predicted molar refractivity (Wildman–Crippen MR) is 105 cm³/mol. The van der Waals surface area contributed by atoms with Crippen LogP contribution in [0.25, 0.3) is 0 Å². The zero-order valence-corrected chi connectivity index (χ0v) is 16.5. The summed E-state index contributed by atoms with van der Waals surface area (Å²) >= 11 is 2.23. The lowest BCUT2D eigenvalue weighted by Gasteiger charge is -2.34. The molecule has 0 radical (unpaired) electrons. The van der Waals surface area contributed by atoms with Crippen molar-refractivity contribution in [3.63, 3.8) is 0 Å². The minimum atomic E-state index is -0.180. The van der Waals surface area contributed by atoms with Gasteiger partial charge in [-0.1, -0.05) is 13.8 Å². The van der Waals surface area contributed by atoms with Gasteiger partial charge in [0.05, 0.1) is 0 Å². The molecule has 1 aliphatic heterocycles. The molecular formula is C18H26IN3O2. The zero-order valence-electron chi connectivity index (χ0n) is 14.3. The first-order valence-corrected chi connectivity index (χ1v) is 9.73. The van der Waals surface area contributed by atoms with Crippen LogP contribution in [0.3, 0.4) is 0 Å². The summed E-state index contributed by atoms with van der Waals surface area (Å²) in [6.45, 7) is 5.58. The van der Waals surface area contributed by atoms with Crippen LogP contribution < -0.4 is 10.6 Å². The van der Waals surface area contributed by atoms with Gasteiger partial charge in [0.15, 0.2) is 0 Å². The first-order valence-electron chi connectivity index (χ1n) is 8.65. The van der Waals surface area contributed by atoms with Crippen LogP contribution in [0.4, 0.5) is 10.5 Å². The van der Waals surface area contributed by atoms with Gasteiger partial charge in [0.25, 0.3) is 0 Å². The molecule has 1 heterocycles. The Balaban J connectivity index is 1.77. The average molecular weight is 443 g/mol.